The van der Waals surface area contributed by atoms with Crippen molar-refractivity contribution in [1.82, 2.24) is 10.2 Å². The molecule has 13 heavy (non-hydrogen) atoms. The van der Waals surface area contributed by atoms with E-state index >= 15 is 0 Å². The summed E-state index contributed by atoms with van der Waals surface area (Å²) < 4.78 is 0. The van der Waals surface area contributed by atoms with Crippen LogP contribution in [0.2, 0.25) is 0 Å². The van der Waals surface area contributed by atoms with Crippen LogP contribution in [0.3, 0.4) is 0 Å². The molecule has 0 aliphatic heterocycles. The molecule has 1 N–H and O–H groups in total. The first kappa shape index (κ1) is 11.8. The number of carbonyl (C=O) groups excluding carboxylic acids is 1. The van der Waals surface area contributed by atoms with E-state index in [1.807, 2.05) is 19.9 Å². The molecule has 74 valence electrons. The fraction of sp³-hybridized carbons (Fsp3) is 0.778. The van der Waals surface area contributed by atoms with Crippen LogP contribution in [-0.4, -0.2) is 30.6 Å². The van der Waals surface area contributed by atoms with E-state index in [1.165, 1.54) is 0 Å². The molecule has 0 radical (unpaired) electrons. The number of hydrogen-bond acceptors (Lipinski definition) is 2. The average molecular weight is 183 g/mol. The van der Waals surface area contributed by atoms with Crippen molar-refractivity contribution < 1.29 is 4.79 Å². The number of urea groups is 1. The van der Waals surface area contributed by atoms with Gasteiger partial charge >= 0.3 is 6.03 Å². The zero-order valence-electron chi connectivity index (χ0n) is 8.34. The van der Waals surface area contributed by atoms with E-state index in [1.54, 1.807) is 4.90 Å². The summed E-state index contributed by atoms with van der Waals surface area (Å²) in [6, 6.07) is 1.96. The molecular formula is C9H17N3O. The number of hydrogen-bond donors (Lipinski definition) is 1. The van der Waals surface area contributed by atoms with Crippen molar-refractivity contribution in [2.24, 2.45) is 0 Å². The Bertz CT molecular complexity index is 186. The molecular weight excluding hydrogens is 166 g/mol. The molecule has 4 heteroatoms. The summed E-state index contributed by atoms with van der Waals surface area (Å²) in [4.78, 5) is 13.0. The zero-order valence-corrected chi connectivity index (χ0v) is 8.34. The van der Waals surface area contributed by atoms with Crippen molar-refractivity contribution in [2.75, 3.05) is 19.6 Å². The lowest BCUT2D eigenvalue weighted by Gasteiger charge is -2.20. The number of nitriles is 1. The van der Waals surface area contributed by atoms with E-state index in [0.717, 1.165) is 6.42 Å². The van der Waals surface area contributed by atoms with E-state index in [0.29, 0.717) is 26.1 Å². The smallest absolute Gasteiger partial charge is 0.317 e. The average Bonchev–Trinajstić information content (AvgIpc) is 2.12. The maximum absolute atomic E-state index is 11.3. The van der Waals surface area contributed by atoms with Crippen molar-refractivity contribution in [2.45, 2.75) is 26.7 Å². The lowest BCUT2D eigenvalue weighted by Crippen LogP contribution is -2.40. The van der Waals surface area contributed by atoms with Gasteiger partial charge in [0.1, 0.15) is 0 Å². The molecule has 0 aromatic heterocycles. The third-order valence-corrected chi connectivity index (χ3v) is 1.60. The molecule has 2 amide bonds. The van der Waals surface area contributed by atoms with E-state index in [-0.39, 0.29) is 6.03 Å². The first-order valence-corrected chi connectivity index (χ1v) is 4.66. The van der Waals surface area contributed by atoms with Gasteiger partial charge in [-0.2, -0.15) is 5.26 Å². The van der Waals surface area contributed by atoms with Crippen molar-refractivity contribution in [3.63, 3.8) is 0 Å². The number of nitrogens with zero attached hydrogens (tertiary/aromatic N) is 2. The minimum atomic E-state index is -0.0698. The summed E-state index contributed by atoms with van der Waals surface area (Å²) in [5, 5.41) is 11.1. The summed E-state index contributed by atoms with van der Waals surface area (Å²) in [6.45, 7) is 5.76. The highest BCUT2D eigenvalue weighted by molar-refractivity contribution is 5.74. The van der Waals surface area contributed by atoms with Crippen LogP contribution in [-0.2, 0) is 0 Å². The summed E-state index contributed by atoms with van der Waals surface area (Å²) in [5.41, 5.74) is 0. The van der Waals surface area contributed by atoms with Gasteiger partial charge < -0.3 is 10.2 Å². The van der Waals surface area contributed by atoms with E-state index < -0.39 is 0 Å². The van der Waals surface area contributed by atoms with Crippen molar-refractivity contribution >= 4 is 6.03 Å². The fourth-order valence-electron chi connectivity index (χ4n) is 1.03. The lowest BCUT2D eigenvalue weighted by molar-refractivity contribution is 0.199. The van der Waals surface area contributed by atoms with Crippen LogP contribution in [0.4, 0.5) is 4.79 Å². The van der Waals surface area contributed by atoms with Gasteiger partial charge in [0.05, 0.1) is 12.5 Å². The molecule has 0 saturated carbocycles. The Balaban J connectivity index is 3.92. The maximum atomic E-state index is 11.3. The Morgan fingerprint density at radius 2 is 2.15 bits per heavy atom. The van der Waals surface area contributed by atoms with Crippen LogP contribution < -0.4 is 5.32 Å². The highest BCUT2D eigenvalue weighted by atomic mass is 16.2. The molecule has 0 rings (SSSR count). The van der Waals surface area contributed by atoms with Gasteiger partial charge in [0.2, 0.25) is 0 Å². The molecule has 0 spiro atoms. The molecule has 0 aromatic rings. The van der Waals surface area contributed by atoms with Crippen LogP contribution in [0.25, 0.3) is 0 Å². The second-order valence-corrected chi connectivity index (χ2v) is 2.73. The minimum absolute atomic E-state index is 0.0698. The predicted octanol–water partition coefficient (Wildman–Crippen LogP) is 1.34. The van der Waals surface area contributed by atoms with E-state index in [2.05, 4.69) is 5.32 Å². The first-order chi connectivity index (χ1) is 6.26. The van der Waals surface area contributed by atoms with Crippen molar-refractivity contribution in [3.8, 4) is 6.07 Å². The number of nitrogens with one attached hydrogen (secondary N) is 1. The normalized spacial score (nSPS) is 9.00. The summed E-state index contributed by atoms with van der Waals surface area (Å²) in [6.07, 6.45) is 1.32. The monoisotopic (exact) mass is 183 g/mol. The largest absolute Gasteiger partial charge is 0.338 e. The van der Waals surface area contributed by atoms with Crippen LogP contribution in [0.15, 0.2) is 0 Å². The number of carbonyl (C=O) groups is 1. The molecule has 0 atom stereocenters. The fourth-order valence-corrected chi connectivity index (χ4v) is 1.03. The first-order valence-electron chi connectivity index (χ1n) is 4.66. The third-order valence-electron chi connectivity index (χ3n) is 1.60. The standard InChI is InChI=1S/C9H17N3O/c1-3-7-12(8-5-6-10)9(13)11-4-2/h3-5,7-8H2,1-2H3,(H,11,13). The quantitative estimate of drug-likeness (QED) is 0.699. The van der Waals surface area contributed by atoms with Gasteiger partial charge in [0, 0.05) is 19.6 Å². The Morgan fingerprint density at radius 3 is 2.62 bits per heavy atom. The Labute approximate surface area is 79.5 Å². The molecule has 0 unspecified atom stereocenters. The molecule has 0 aromatic carbocycles. The molecule has 0 heterocycles. The topological polar surface area (TPSA) is 56.1 Å². The Kier molecular flexibility index (Phi) is 6.70. The molecule has 0 bridgehead atoms. The number of rotatable bonds is 5. The van der Waals surface area contributed by atoms with Gasteiger partial charge in [-0.1, -0.05) is 6.92 Å². The van der Waals surface area contributed by atoms with Crippen LogP contribution in [0.1, 0.15) is 26.7 Å². The van der Waals surface area contributed by atoms with Crippen LogP contribution >= 0.6 is 0 Å². The molecule has 0 fully saturated rings. The summed E-state index contributed by atoms with van der Waals surface area (Å²) in [7, 11) is 0. The van der Waals surface area contributed by atoms with Crippen molar-refractivity contribution in [1.29, 1.82) is 5.26 Å². The second kappa shape index (κ2) is 7.41. The van der Waals surface area contributed by atoms with E-state index in [9.17, 15) is 4.79 Å². The minimum Gasteiger partial charge on any atom is -0.338 e. The third kappa shape index (κ3) is 5.07. The highest BCUT2D eigenvalue weighted by Gasteiger charge is 2.09. The zero-order chi connectivity index (χ0) is 10.1. The predicted molar refractivity (Wildman–Crippen MR) is 51.2 cm³/mol. The van der Waals surface area contributed by atoms with Gasteiger partial charge in [0.15, 0.2) is 0 Å². The summed E-state index contributed by atoms with van der Waals surface area (Å²) in [5.74, 6) is 0. The maximum Gasteiger partial charge on any atom is 0.317 e. The van der Waals surface area contributed by atoms with Gasteiger partial charge in [0.25, 0.3) is 0 Å². The molecule has 0 aliphatic rings. The van der Waals surface area contributed by atoms with Gasteiger partial charge in [-0.3, -0.25) is 0 Å². The summed E-state index contributed by atoms with van der Waals surface area (Å²) >= 11 is 0. The van der Waals surface area contributed by atoms with E-state index in [4.69, 9.17) is 5.26 Å². The van der Waals surface area contributed by atoms with Crippen molar-refractivity contribution in [3.05, 3.63) is 0 Å². The Morgan fingerprint density at radius 1 is 1.46 bits per heavy atom. The SMILES string of the molecule is CCCN(CCC#N)C(=O)NCC. The van der Waals surface area contributed by atoms with Gasteiger partial charge in [-0.05, 0) is 13.3 Å². The van der Waals surface area contributed by atoms with Gasteiger partial charge in [-0.15, -0.1) is 0 Å². The van der Waals surface area contributed by atoms with Crippen LogP contribution in [0.5, 0.6) is 0 Å². The highest BCUT2D eigenvalue weighted by Crippen LogP contribution is 1.94. The second-order valence-electron chi connectivity index (χ2n) is 2.73. The number of amides is 2. The van der Waals surface area contributed by atoms with Crippen LogP contribution in [0, 0.1) is 11.3 Å². The Hall–Kier alpha value is -1.24. The molecule has 4 nitrogen and oxygen atoms in total. The molecule has 0 saturated heterocycles. The van der Waals surface area contributed by atoms with Gasteiger partial charge in [-0.25, -0.2) is 4.79 Å². The lowest BCUT2D eigenvalue weighted by atomic mass is 10.3. The molecule has 0 aliphatic carbocycles.